The minimum atomic E-state index is -3.40. The third kappa shape index (κ3) is 3.80. The Hall–Kier alpha value is -1.70. The topological polar surface area (TPSA) is 84.2 Å². The molecule has 0 amide bonds. The van der Waals surface area contributed by atoms with Gasteiger partial charge in [0.15, 0.2) is 0 Å². The fraction of sp³-hybridized carbons (Fsp3) is 0.438. The summed E-state index contributed by atoms with van der Waals surface area (Å²) < 4.78 is 31.0. The van der Waals surface area contributed by atoms with Crippen molar-refractivity contribution in [3.63, 3.8) is 0 Å². The molecule has 0 spiro atoms. The Balaban J connectivity index is 2.14. The molecule has 0 saturated carbocycles. The molecule has 1 aromatic carbocycles. The highest BCUT2D eigenvalue weighted by Crippen LogP contribution is 2.25. The quantitative estimate of drug-likeness (QED) is 0.846. The lowest BCUT2D eigenvalue weighted by atomic mass is 10.0. The van der Waals surface area contributed by atoms with Gasteiger partial charge in [0, 0.05) is 17.6 Å². The van der Waals surface area contributed by atoms with Gasteiger partial charge in [-0.2, -0.15) is 0 Å². The summed E-state index contributed by atoms with van der Waals surface area (Å²) in [6.45, 7) is 7.92. The molecule has 2 atom stereocenters. The van der Waals surface area contributed by atoms with E-state index in [1.165, 1.54) is 7.05 Å². The Kier molecular flexibility index (Phi) is 5.23. The molecule has 0 aliphatic carbocycles. The van der Waals surface area contributed by atoms with E-state index in [2.05, 4.69) is 22.1 Å². The lowest BCUT2D eigenvalue weighted by molar-refractivity contribution is 0.389. The molecule has 126 valence electrons. The lowest BCUT2D eigenvalue weighted by Gasteiger charge is -2.20. The predicted octanol–water partition coefficient (Wildman–Crippen LogP) is 2.61. The third-order valence-corrected chi connectivity index (χ3v) is 5.41. The molecule has 0 aliphatic heterocycles. The molecule has 2 rings (SSSR count). The molecule has 1 heterocycles. The van der Waals surface area contributed by atoms with Crippen LogP contribution in [0.25, 0.3) is 0 Å². The first-order valence-corrected chi connectivity index (χ1v) is 8.97. The number of benzene rings is 1. The number of hydrogen-bond donors (Lipinski definition) is 2. The minimum absolute atomic E-state index is 0.0602. The van der Waals surface area contributed by atoms with Crippen molar-refractivity contribution in [1.82, 2.24) is 15.2 Å². The van der Waals surface area contributed by atoms with Gasteiger partial charge >= 0.3 is 0 Å². The van der Waals surface area contributed by atoms with Crippen molar-refractivity contribution in [1.29, 1.82) is 0 Å². The number of aromatic nitrogens is 1. The van der Waals surface area contributed by atoms with Gasteiger partial charge in [-0.3, -0.25) is 0 Å². The number of rotatable bonds is 6. The molecular formula is C16H23N3O3S. The molecule has 0 unspecified atom stereocenters. The van der Waals surface area contributed by atoms with E-state index in [1.807, 2.05) is 32.9 Å². The molecule has 0 radical (unpaired) electrons. The van der Waals surface area contributed by atoms with E-state index in [9.17, 15) is 8.42 Å². The van der Waals surface area contributed by atoms with Crippen LogP contribution in [0.4, 0.5) is 0 Å². The van der Waals surface area contributed by atoms with Gasteiger partial charge in [0.05, 0.1) is 10.6 Å². The third-order valence-electron chi connectivity index (χ3n) is 3.98. The van der Waals surface area contributed by atoms with Crippen LogP contribution in [0.3, 0.4) is 0 Å². The van der Waals surface area contributed by atoms with Gasteiger partial charge in [-0.15, -0.1) is 0 Å². The van der Waals surface area contributed by atoms with E-state index in [4.69, 9.17) is 4.52 Å². The smallest absolute Gasteiger partial charge is 0.240 e. The van der Waals surface area contributed by atoms with Gasteiger partial charge in [-0.25, -0.2) is 13.1 Å². The summed E-state index contributed by atoms with van der Waals surface area (Å²) in [5.74, 6) is 0.810. The zero-order valence-electron chi connectivity index (χ0n) is 14.0. The highest BCUT2D eigenvalue weighted by Gasteiger charge is 2.19. The summed E-state index contributed by atoms with van der Waals surface area (Å²) in [5, 5.41) is 7.46. The number of nitrogens with zero attached hydrogens (tertiary/aromatic N) is 1. The van der Waals surface area contributed by atoms with Gasteiger partial charge in [-0.1, -0.05) is 17.3 Å². The Morgan fingerprint density at radius 3 is 2.17 bits per heavy atom. The number of hydrogen-bond acceptors (Lipinski definition) is 5. The Labute approximate surface area is 137 Å². The number of aryl methyl sites for hydroxylation is 2. The predicted molar refractivity (Wildman–Crippen MR) is 88.6 cm³/mol. The van der Waals surface area contributed by atoms with Crippen molar-refractivity contribution < 1.29 is 12.9 Å². The number of nitrogens with one attached hydrogen (secondary N) is 2. The van der Waals surface area contributed by atoms with Crippen LogP contribution in [0, 0.1) is 13.8 Å². The minimum Gasteiger partial charge on any atom is -0.361 e. The van der Waals surface area contributed by atoms with Crippen molar-refractivity contribution >= 4 is 10.0 Å². The fourth-order valence-corrected chi connectivity index (χ4v) is 3.45. The molecule has 2 N–H and O–H groups in total. The molecule has 6 nitrogen and oxygen atoms in total. The SMILES string of the molecule is CNS(=O)(=O)c1ccc([C@H](C)N[C@H](C)c2c(C)noc2C)cc1. The van der Waals surface area contributed by atoms with E-state index < -0.39 is 10.0 Å². The highest BCUT2D eigenvalue weighted by atomic mass is 32.2. The van der Waals surface area contributed by atoms with E-state index in [-0.39, 0.29) is 17.0 Å². The summed E-state index contributed by atoms with van der Waals surface area (Å²) >= 11 is 0. The summed E-state index contributed by atoms with van der Waals surface area (Å²) in [7, 11) is -2.00. The van der Waals surface area contributed by atoms with Gasteiger partial charge in [0.2, 0.25) is 10.0 Å². The zero-order chi connectivity index (χ0) is 17.2. The largest absolute Gasteiger partial charge is 0.361 e. The normalized spacial score (nSPS) is 14.7. The Morgan fingerprint density at radius 2 is 1.70 bits per heavy atom. The molecule has 2 aromatic rings. The summed E-state index contributed by atoms with van der Waals surface area (Å²) in [5.41, 5.74) is 2.95. The zero-order valence-corrected chi connectivity index (χ0v) is 14.9. The Morgan fingerprint density at radius 1 is 1.09 bits per heavy atom. The molecule has 1 aromatic heterocycles. The molecule has 0 bridgehead atoms. The van der Waals surface area contributed by atoms with Gasteiger partial charge in [-0.05, 0) is 52.4 Å². The van der Waals surface area contributed by atoms with Crippen molar-refractivity contribution in [2.24, 2.45) is 0 Å². The van der Waals surface area contributed by atoms with Gasteiger partial charge < -0.3 is 9.84 Å². The first-order chi connectivity index (χ1) is 10.8. The maximum absolute atomic E-state index is 11.7. The van der Waals surface area contributed by atoms with Crippen LogP contribution in [0.2, 0.25) is 0 Å². The van der Waals surface area contributed by atoms with E-state index >= 15 is 0 Å². The fourth-order valence-electron chi connectivity index (χ4n) is 2.72. The Bertz CT molecular complexity index is 747. The lowest BCUT2D eigenvalue weighted by Crippen LogP contribution is -2.23. The van der Waals surface area contributed by atoms with Crippen LogP contribution in [-0.4, -0.2) is 20.6 Å². The summed E-state index contributed by atoms with van der Waals surface area (Å²) in [6, 6.07) is 7.01. The second-order valence-electron chi connectivity index (χ2n) is 5.62. The average Bonchev–Trinajstić information content (AvgIpc) is 2.86. The molecule has 0 saturated heterocycles. The first-order valence-electron chi connectivity index (χ1n) is 7.48. The van der Waals surface area contributed by atoms with Crippen LogP contribution in [0.5, 0.6) is 0 Å². The molecule has 23 heavy (non-hydrogen) atoms. The standard InChI is InChI=1S/C16H23N3O3S/c1-10(18-11(2)16-12(3)19-22-13(16)4)14-6-8-15(9-7-14)23(20,21)17-5/h6-11,17-18H,1-5H3/t10-,11+/m0/s1. The van der Waals surface area contributed by atoms with E-state index in [0.717, 1.165) is 22.6 Å². The van der Waals surface area contributed by atoms with Crippen molar-refractivity contribution in [2.45, 2.75) is 44.7 Å². The molecule has 7 heteroatoms. The second kappa shape index (κ2) is 6.82. The van der Waals surface area contributed by atoms with Crippen molar-refractivity contribution in [3.8, 4) is 0 Å². The highest BCUT2D eigenvalue weighted by molar-refractivity contribution is 7.89. The van der Waals surface area contributed by atoms with Crippen LogP contribution < -0.4 is 10.0 Å². The monoisotopic (exact) mass is 337 g/mol. The summed E-state index contributed by atoms with van der Waals surface area (Å²) in [4.78, 5) is 0.259. The number of sulfonamides is 1. The first kappa shape index (κ1) is 17.7. The van der Waals surface area contributed by atoms with Crippen molar-refractivity contribution in [3.05, 3.63) is 46.8 Å². The van der Waals surface area contributed by atoms with Gasteiger partial charge in [0.25, 0.3) is 0 Å². The van der Waals surface area contributed by atoms with E-state index in [0.29, 0.717) is 0 Å². The van der Waals surface area contributed by atoms with Crippen LogP contribution in [0.1, 0.15) is 48.5 Å². The summed E-state index contributed by atoms with van der Waals surface area (Å²) in [6.07, 6.45) is 0. The maximum Gasteiger partial charge on any atom is 0.240 e. The molecular weight excluding hydrogens is 314 g/mol. The molecule has 0 fully saturated rings. The maximum atomic E-state index is 11.7. The molecule has 0 aliphatic rings. The van der Waals surface area contributed by atoms with Crippen LogP contribution >= 0.6 is 0 Å². The van der Waals surface area contributed by atoms with Crippen LogP contribution in [-0.2, 0) is 10.0 Å². The van der Waals surface area contributed by atoms with Crippen LogP contribution in [0.15, 0.2) is 33.7 Å². The average molecular weight is 337 g/mol. The second-order valence-corrected chi connectivity index (χ2v) is 7.51. The van der Waals surface area contributed by atoms with Gasteiger partial charge in [0.1, 0.15) is 5.76 Å². The van der Waals surface area contributed by atoms with Crippen molar-refractivity contribution in [2.75, 3.05) is 7.05 Å². The van der Waals surface area contributed by atoms with E-state index in [1.54, 1.807) is 12.1 Å².